The predicted octanol–water partition coefficient (Wildman–Crippen LogP) is 5.21. The van der Waals surface area contributed by atoms with E-state index in [0.717, 1.165) is 12.1 Å². The zero-order valence-corrected chi connectivity index (χ0v) is 14.9. The van der Waals surface area contributed by atoms with E-state index in [9.17, 15) is 28.1 Å². The number of hydrogen-bond donors (Lipinski definition) is 1. The molecule has 0 aliphatic heterocycles. The maximum atomic E-state index is 12.8. The fraction of sp³-hybridized carbons (Fsp3) is 0.0952. The zero-order valence-electron chi connectivity index (χ0n) is 14.9. The van der Waals surface area contributed by atoms with E-state index in [4.69, 9.17) is 0 Å². The average molecular weight is 400 g/mol. The van der Waals surface area contributed by atoms with Gasteiger partial charge in [0.1, 0.15) is 0 Å². The Labute approximate surface area is 164 Å². The van der Waals surface area contributed by atoms with Gasteiger partial charge in [0, 0.05) is 24.2 Å². The molecule has 0 heterocycles. The maximum absolute atomic E-state index is 12.8. The Balaban J connectivity index is 1.77. The van der Waals surface area contributed by atoms with E-state index in [1.165, 1.54) is 24.3 Å². The zero-order chi connectivity index (χ0) is 21.0. The molecule has 0 saturated carbocycles. The molecule has 0 atom stereocenters. The number of rotatable bonds is 5. The average Bonchev–Trinajstić information content (AvgIpc) is 2.72. The summed E-state index contributed by atoms with van der Waals surface area (Å²) >= 11 is 0. The van der Waals surface area contributed by atoms with Gasteiger partial charge in [-0.3, -0.25) is 14.9 Å². The molecule has 3 aromatic rings. The molecule has 0 bridgehead atoms. The molecule has 1 amide bonds. The third kappa shape index (κ3) is 4.78. The first kappa shape index (κ1) is 20.1. The van der Waals surface area contributed by atoms with Gasteiger partial charge in [-0.25, -0.2) is 0 Å². The minimum atomic E-state index is -4.43. The first-order chi connectivity index (χ1) is 13.8. The largest absolute Gasteiger partial charge is 0.416 e. The van der Waals surface area contributed by atoms with Crippen molar-refractivity contribution >= 4 is 11.6 Å². The summed E-state index contributed by atoms with van der Waals surface area (Å²) in [5, 5.41) is 13.4. The molecule has 0 aliphatic rings. The lowest BCUT2D eigenvalue weighted by molar-refractivity contribution is -0.384. The molecule has 0 aliphatic carbocycles. The molecule has 0 unspecified atom stereocenters. The molecule has 148 valence electrons. The van der Waals surface area contributed by atoms with Gasteiger partial charge in [0.05, 0.1) is 10.5 Å². The van der Waals surface area contributed by atoms with Crippen LogP contribution in [0, 0.1) is 10.1 Å². The number of nitrogens with one attached hydrogen (secondary N) is 1. The molecule has 0 radical (unpaired) electrons. The second-order valence-electron chi connectivity index (χ2n) is 6.23. The number of carbonyl (C=O) groups is 1. The molecule has 0 saturated heterocycles. The minimum absolute atomic E-state index is 0.0484. The molecule has 29 heavy (non-hydrogen) atoms. The van der Waals surface area contributed by atoms with Crippen molar-refractivity contribution in [3.05, 3.63) is 99.6 Å². The number of benzene rings is 3. The van der Waals surface area contributed by atoms with Crippen molar-refractivity contribution < 1.29 is 22.9 Å². The van der Waals surface area contributed by atoms with Gasteiger partial charge >= 0.3 is 6.18 Å². The summed E-state index contributed by atoms with van der Waals surface area (Å²) in [6.07, 6.45) is -4.43. The van der Waals surface area contributed by atoms with Crippen LogP contribution in [-0.2, 0) is 12.7 Å². The van der Waals surface area contributed by atoms with Crippen LogP contribution in [0.4, 0.5) is 18.9 Å². The molecular weight excluding hydrogens is 385 g/mol. The van der Waals surface area contributed by atoms with Crippen molar-refractivity contribution in [2.24, 2.45) is 0 Å². The van der Waals surface area contributed by atoms with E-state index >= 15 is 0 Å². The van der Waals surface area contributed by atoms with Crippen LogP contribution in [0.25, 0.3) is 11.1 Å². The molecule has 3 rings (SSSR count). The van der Waals surface area contributed by atoms with Gasteiger partial charge in [-0.05, 0) is 34.9 Å². The summed E-state index contributed by atoms with van der Waals surface area (Å²) in [7, 11) is 0. The van der Waals surface area contributed by atoms with Gasteiger partial charge < -0.3 is 5.32 Å². The lowest BCUT2D eigenvalue weighted by Gasteiger charge is -2.12. The number of hydrogen-bond acceptors (Lipinski definition) is 3. The second kappa shape index (κ2) is 8.14. The summed E-state index contributed by atoms with van der Waals surface area (Å²) in [6, 6.07) is 17.0. The highest BCUT2D eigenvalue weighted by atomic mass is 19.4. The van der Waals surface area contributed by atoms with E-state index in [2.05, 4.69) is 5.32 Å². The standard InChI is InChI=1S/C21H15F3N2O3/c22-21(23,24)16-9-7-15(8-10-16)18-3-1-2-4-19(18)20(27)25-13-14-5-11-17(12-6-14)26(28)29/h1-12H,13H2,(H,25,27). The van der Waals surface area contributed by atoms with Gasteiger partial charge in [-0.15, -0.1) is 0 Å². The quantitative estimate of drug-likeness (QED) is 0.472. The Morgan fingerprint density at radius 3 is 2.14 bits per heavy atom. The van der Waals surface area contributed by atoms with Crippen LogP contribution < -0.4 is 5.32 Å². The number of alkyl halides is 3. The molecule has 0 spiro atoms. The van der Waals surface area contributed by atoms with Crippen LogP contribution in [0.3, 0.4) is 0 Å². The number of non-ortho nitro benzene ring substituents is 1. The maximum Gasteiger partial charge on any atom is 0.416 e. The summed E-state index contributed by atoms with van der Waals surface area (Å²) in [4.78, 5) is 22.8. The van der Waals surface area contributed by atoms with Gasteiger partial charge in [-0.1, -0.05) is 42.5 Å². The van der Waals surface area contributed by atoms with Crippen LogP contribution in [0.2, 0.25) is 0 Å². The molecule has 3 aromatic carbocycles. The van der Waals surface area contributed by atoms with Crippen LogP contribution in [0.15, 0.2) is 72.8 Å². The van der Waals surface area contributed by atoms with E-state index in [-0.39, 0.29) is 12.2 Å². The number of nitrogens with zero attached hydrogens (tertiary/aromatic N) is 1. The number of nitro groups is 1. The minimum Gasteiger partial charge on any atom is -0.348 e. The van der Waals surface area contributed by atoms with E-state index in [0.29, 0.717) is 22.3 Å². The highest BCUT2D eigenvalue weighted by Crippen LogP contribution is 2.31. The second-order valence-corrected chi connectivity index (χ2v) is 6.23. The number of nitro benzene ring substituents is 1. The lowest BCUT2D eigenvalue weighted by atomic mass is 9.98. The molecular formula is C21H15F3N2O3. The van der Waals surface area contributed by atoms with Gasteiger partial charge in [0.15, 0.2) is 0 Å². The van der Waals surface area contributed by atoms with Crippen molar-refractivity contribution in [1.29, 1.82) is 0 Å². The molecule has 1 N–H and O–H groups in total. The van der Waals surface area contributed by atoms with Crippen LogP contribution in [0.1, 0.15) is 21.5 Å². The first-order valence-corrected chi connectivity index (χ1v) is 8.54. The number of carbonyl (C=O) groups excluding carboxylic acids is 1. The Bertz CT molecular complexity index is 1030. The third-order valence-corrected chi connectivity index (χ3v) is 4.30. The predicted molar refractivity (Wildman–Crippen MR) is 101 cm³/mol. The topological polar surface area (TPSA) is 72.2 Å². The van der Waals surface area contributed by atoms with E-state index in [1.807, 2.05) is 0 Å². The summed E-state index contributed by atoms with van der Waals surface area (Å²) in [5.41, 5.74) is 1.17. The van der Waals surface area contributed by atoms with Crippen LogP contribution in [0.5, 0.6) is 0 Å². The third-order valence-electron chi connectivity index (χ3n) is 4.30. The fourth-order valence-electron chi connectivity index (χ4n) is 2.78. The van der Waals surface area contributed by atoms with Crippen LogP contribution in [-0.4, -0.2) is 10.8 Å². The normalized spacial score (nSPS) is 11.1. The Morgan fingerprint density at radius 2 is 1.55 bits per heavy atom. The molecule has 8 heteroatoms. The fourth-order valence-corrected chi connectivity index (χ4v) is 2.78. The highest BCUT2D eigenvalue weighted by Gasteiger charge is 2.30. The molecule has 0 fully saturated rings. The van der Waals surface area contributed by atoms with Gasteiger partial charge in [0.25, 0.3) is 11.6 Å². The monoisotopic (exact) mass is 400 g/mol. The van der Waals surface area contributed by atoms with E-state index < -0.39 is 22.6 Å². The van der Waals surface area contributed by atoms with E-state index in [1.54, 1.807) is 36.4 Å². The molecule has 5 nitrogen and oxygen atoms in total. The van der Waals surface area contributed by atoms with Crippen molar-refractivity contribution in [2.45, 2.75) is 12.7 Å². The summed E-state index contributed by atoms with van der Waals surface area (Å²) in [6.45, 7) is 0.151. The van der Waals surface area contributed by atoms with Gasteiger partial charge in [0.2, 0.25) is 0 Å². The van der Waals surface area contributed by atoms with Crippen molar-refractivity contribution in [1.82, 2.24) is 5.32 Å². The summed E-state index contributed by atoms with van der Waals surface area (Å²) in [5.74, 6) is -0.404. The van der Waals surface area contributed by atoms with Crippen LogP contribution >= 0.6 is 0 Å². The molecule has 0 aromatic heterocycles. The van der Waals surface area contributed by atoms with Crippen molar-refractivity contribution in [2.75, 3.05) is 0 Å². The van der Waals surface area contributed by atoms with Crippen molar-refractivity contribution in [3.8, 4) is 11.1 Å². The Hall–Kier alpha value is -3.68. The number of halogens is 3. The lowest BCUT2D eigenvalue weighted by Crippen LogP contribution is -2.23. The SMILES string of the molecule is O=C(NCc1ccc([N+](=O)[O-])cc1)c1ccccc1-c1ccc(C(F)(F)F)cc1. The smallest absolute Gasteiger partial charge is 0.348 e. The summed E-state index contributed by atoms with van der Waals surface area (Å²) < 4.78 is 38.3. The first-order valence-electron chi connectivity index (χ1n) is 8.54. The highest BCUT2D eigenvalue weighted by molar-refractivity contribution is 6.00. The Morgan fingerprint density at radius 1 is 0.931 bits per heavy atom. The Kier molecular flexibility index (Phi) is 5.63. The van der Waals surface area contributed by atoms with Crippen molar-refractivity contribution in [3.63, 3.8) is 0 Å². The van der Waals surface area contributed by atoms with Gasteiger partial charge in [-0.2, -0.15) is 13.2 Å². The number of amides is 1.